The molecule has 68 valence electrons. The largest absolute Gasteiger partial charge is 0.323 e. The topological polar surface area (TPSA) is 58.2 Å². The Bertz CT molecular complexity index is 230. The fraction of sp³-hybridized carbons (Fsp3) is 0.667. The van der Waals surface area contributed by atoms with Crippen molar-refractivity contribution >= 4 is 35.1 Å². The van der Waals surface area contributed by atoms with Crippen molar-refractivity contribution in [1.29, 1.82) is 0 Å². The minimum absolute atomic E-state index is 0.383. The number of hydrogen-bond acceptors (Lipinski definition) is 2. The predicted octanol–water partition coefficient (Wildman–Crippen LogP) is 0.778. The molecule has 1 aliphatic rings. The quantitative estimate of drug-likeness (QED) is 0.523. The lowest BCUT2D eigenvalue weighted by Crippen LogP contribution is -2.44. The molecular formula is C6H8Cl2N2O2. The molecular weight excluding hydrogens is 203 g/mol. The number of urea groups is 1. The molecule has 1 unspecified atom stereocenters. The van der Waals surface area contributed by atoms with Gasteiger partial charge in [0.15, 0.2) is 0 Å². The van der Waals surface area contributed by atoms with E-state index in [0.29, 0.717) is 6.42 Å². The van der Waals surface area contributed by atoms with E-state index in [1.54, 1.807) is 6.92 Å². The molecule has 1 aliphatic heterocycles. The lowest BCUT2D eigenvalue weighted by atomic mass is 10.1. The molecule has 2 N–H and O–H groups in total. The van der Waals surface area contributed by atoms with E-state index in [1.807, 2.05) is 5.32 Å². The minimum Gasteiger partial charge on any atom is -0.323 e. The van der Waals surface area contributed by atoms with Crippen LogP contribution in [-0.4, -0.2) is 22.3 Å². The average molecular weight is 211 g/mol. The summed E-state index contributed by atoms with van der Waals surface area (Å²) >= 11 is 11.6. The fourth-order valence-electron chi connectivity index (χ4n) is 0.918. The molecule has 6 heteroatoms. The van der Waals surface area contributed by atoms with E-state index in [2.05, 4.69) is 5.32 Å². The first-order valence-electron chi connectivity index (χ1n) is 3.46. The van der Waals surface area contributed by atoms with Crippen LogP contribution in [0.25, 0.3) is 0 Å². The van der Waals surface area contributed by atoms with Gasteiger partial charge in [0, 0.05) is 0 Å². The van der Waals surface area contributed by atoms with Gasteiger partial charge in [0.25, 0.3) is 5.91 Å². The number of alkyl halides is 2. The standard InChI is InChI=1S/C6H8Cl2N2O2/c1-2-6(7,8)3-4(11)10-5(12)9-3/h3H,2H2,1H3,(H2,9,10,11,12). The molecule has 1 fully saturated rings. The molecule has 0 saturated carbocycles. The van der Waals surface area contributed by atoms with Gasteiger partial charge in [-0.3, -0.25) is 10.1 Å². The molecule has 0 radical (unpaired) electrons. The zero-order valence-electron chi connectivity index (χ0n) is 6.36. The molecule has 0 aromatic heterocycles. The highest BCUT2D eigenvalue weighted by Crippen LogP contribution is 2.30. The smallest absolute Gasteiger partial charge is 0.322 e. The zero-order chi connectivity index (χ0) is 9.35. The predicted molar refractivity (Wildman–Crippen MR) is 45.2 cm³/mol. The van der Waals surface area contributed by atoms with Crippen LogP contribution >= 0.6 is 23.2 Å². The van der Waals surface area contributed by atoms with E-state index in [9.17, 15) is 9.59 Å². The molecule has 0 aromatic rings. The Morgan fingerprint density at radius 2 is 2.08 bits per heavy atom. The van der Waals surface area contributed by atoms with Gasteiger partial charge in [-0.25, -0.2) is 4.79 Å². The maximum absolute atomic E-state index is 11.0. The van der Waals surface area contributed by atoms with Gasteiger partial charge >= 0.3 is 6.03 Å². The van der Waals surface area contributed by atoms with Crippen LogP contribution in [0.3, 0.4) is 0 Å². The number of rotatable bonds is 2. The van der Waals surface area contributed by atoms with Gasteiger partial charge in [-0.05, 0) is 6.42 Å². The van der Waals surface area contributed by atoms with Gasteiger partial charge in [0.1, 0.15) is 10.4 Å². The van der Waals surface area contributed by atoms with Crippen LogP contribution in [0.4, 0.5) is 4.79 Å². The first kappa shape index (κ1) is 9.61. The molecule has 0 aromatic carbocycles. The van der Waals surface area contributed by atoms with Crippen LogP contribution < -0.4 is 10.6 Å². The minimum atomic E-state index is -1.23. The van der Waals surface area contributed by atoms with Crippen LogP contribution in [0.15, 0.2) is 0 Å². The monoisotopic (exact) mass is 210 g/mol. The van der Waals surface area contributed by atoms with Crippen molar-refractivity contribution in [2.75, 3.05) is 0 Å². The van der Waals surface area contributed by atoms with E-state index in [0.717, 1.165) is 0 Å². The Labute approximate surface area is 79.6 Å². The summed E-state index contributed by atoms with van der Waals surface area (Å²) in [5.41, 5.74) is 0. The van der Waals surface area contributed by atoms with E-state index in [1.165, 1.54) is 0 Å². The van der Waals surface area contributed by atoms with Crippen LogP contribution in [0.5, 0.6) is 0 Å². The van der Waals surface area contributed by atoms with Crippen molar-refractivity contribution in [2.24, 2.45) is 0 Å². The van der Waals surface area contributed by atoms with Crippen molar-refractivity contribution in [3.63, 3.8) is 0 Å². The number of amides is 3. The van der Waals surface area contributed by atoms with Gasteiger partial charge in [0.05, 0.1) is 0 Å². The molecule has 1 saturated heterocycles. The summed E-state index contributed by atoms with van der Waals surface area (Å²) in [6.07, 6.45) is 0.383. The van der Waals surface area contributed by atoms with E-state index < -0.39 is 22.3 Å². The Balaban J connectivity index is 2.76. The molecule has 3 amide bonds. The van der Waals surface area contributed by atoms with Crippen LogP contribution in [0.1, 0.15) is 13.3 Å². The summed E-state index contributed by atoms with van der Waals surface area (Å²) in [6.45, 7) is 1.73. The Morgan fingerprint density at radius 1 is 1.50 bits per heavy atom. The van der Waals surface area contributed by atoms with Gasteiger partial charge in [-0.15, -0.1) is 0 Å². The van der Waals surface area contributed by atoms with E-state index in [-0.39, 0.29) is 0 Å². The maximum Gasteiger partial charge on any atom is 0.322 e. The summed E-state index contributed by atoms with van der Waals surface area (Å²) < 4.78 is -1.23. The van der Waals surface area contributed by atoms with Crippen LogP contribution in [-0.2, 0) is 4.79 Å². The molecule has 4 nitrogen and oxygen atoms in total. The second-order valence-electron chi connectivity index (χ2n) is 2.51. The van der Waals surface area contributed by atoms with Crippen molar-refractivity contribution in [3.8, 4) is 0 Å². The van der Waals surface area contributed by atoms with Crippen molar-refractivity contribution in [1.82, 2.24) is 10.6 Å². The number of carbonyl (C=O) groups excluding carboxylic acids is 2. The maximum atomic E-state index is 11.0. The number of carbonyl (C=O) groups is 2. The highest BCUT2D eigenvalue weighted by atomic mass is 35.5. The summed E-state index contributed by atoms with van der Waals surface area (Å²) in [5, 5.41) is 4.38. The number of hydrogen-bond donors (Lipinski definition) is 2. The molecule has 12 heavy (non-hydrogen) atoms. The summed E-state index contributed by atoms with van der Waals surface area (Å²) in [5.74, 6) is -0.480. The second-order valence-corrected chi connectivity index (χ2v) is 4.05. The van der Waals surface area contributed by atoms with Gasteiger partial charge in [-0.1, -0.05) is 30.1 Å². The summed E-state index contributed by atoms with van der Waals surface area (Å²) in [7, 11) is 0. The van der Waals surface area contributed by atoms with Crippen molar-refractivity contribution in [2.45, 2.75) is 23.7 Å². The van der Waals surface area contributed by atoms with E-state index >= 15 is 0 Å². The van der Waals surface area contributed by atoms with E-state index in [4.69, 9.17) is 23.2 Å². The lowest BCUT2D eigenvalue weighted by Gasteiger charge is -2.21. The Hall–Kier alpha value is -0.480. The lowest BCUT2D eigenvalue weighted by molar-refractivity contribution is -0.120. The normalized spacial score (nSPS) is 23.8. The fourth-order valence-corrected chi connectivity index (χ4v) is 1.23. The first-order chi connectivity index (χ1) is 5.47. The number of nitrogens with one attached hydrogen (secondary N) is 2. The molecule has 1 heterocycles. The van der Waals surface area contributed by atoms with Crippen molar-refractivity contribution in [3.05, 3.63) is 0 Å². The van der Waals surface area contributed by atoms with Gasteiger partial charge in [-0.2, -0.15) is 0 Å². The SMILES string of the molecule is CCC(Cl)(Cl)C1NC(=O)NC1=O. The second kappa shape index (κ2) is 3.11. The highest BCUT2D eigenvalue weighted by Gasteiger charge is 2.44. The average Bonchev–Trinajstić information content (AvgIpc) is 2.31. The highest BCUT2D eigenvalue weighted by molar-refractivity contribution is 6.50. The molecule has 1 rings (SSSR count). The molecule has 0 aliphatic carbocycles. The third kappa shape index (κ3) is 1.64. The third-order valence-electron chi connectivity index (χ3n) is 1.67. The van der Waals surface area contributed by atoms with Crippen LogP contribution in [0.2, 0.25) is 0 Å². The van der Waals surface area contributed by atoms with Gasteiger partial charge < -0.3 is 5.32 Å². The van der Waals surface area contributed by atoms with Crippen LogP contribution in [0, 0.1) is 0 Å². The number of imide groups is 1. The molecule has 0 bridgehead atoms. The summed E-state index contributed by atoms with van der Waals surface area (Å²) in [6, 6.07) is -1.40. The van der Waals surface area contributed by atoms with Crippen molar-refractivity contribution < 1.29 is 9.59 Å². The summed E-state index contributed by atoms with van der Waals surface area (Å²) in [4.78, 5) is 21.7. The first-order valence-corrected chi connectivity index (χ1v) is 4.22. The molecule has 1 atom stereocenters. The zero-order valence-corrected chi connectivity index (χ0v) is 7.87. The Morgan fingerprint density at radius 3 is 2.42 bits per heavy atom. The van der Waals surface area contributed by atoms with Gasteiger partial charge in [0.2, 0.25) is 0 Å². The molecule has 0 spiro atoms. The third-order valence-corrected chi connectivity index (χ3v) is 2.64. The Kier molecular flexibility index (Phi) is 2.49. The number of halogens is 2.